The number of hydrogen-bond acceptors (Lipinski definition) is 3. The summed E-state index contributed by atoms with van der Waals surface area (Å²) >= 11 is 5.82. The van der Waals surface area contributed by atoms with E-state index < -0.39 is 18.6 Å². The number of carbonyl (C=O) groups excluding carboxylic acids is 1. The zero-order valence-electron chi connectivity index (χ0n) is 11.9. The molecule has 2 N–H and O–H groups in total. The van der Waals surface area contributed by atoms with Gasteiger partial charge in [-0.15, -0.1) is 0 Å². The van der Waals surface area contributed by atoms with Crippen molar-refractivity contribution in [3.63, 3.8) is 0 Å². The molecule has 0 aliphatic rings. The number of benzene rings is 2. The minimum atomic E-state index is -2.99. The molecule has 0 radical (unpaired) electrons. The Kier molecular flexibility index (Phi) is 5.90. The summed E-state index contributed by atoms with van der Waals surface area (Å²) in [5.41, 5.74) is 0.714. The van der Waals surface area contributed by atoms with Crippen LogP contribution in [0.5, 0.6) is 5.75 Å². The topological polar surface area (TPSA) is 58.6 Å². The van der Waals surface area contributed by atoms with Crippen LogP contribution in [0.2, 0.25) is 5.02 Å². The number of alkyl halides is 2. The molecule has 0 saturated heterocycles. The molecule has 1 atom stereocenters. The number of aliphatic hydroxyl groups excluding tert-OH is 1. The molecule has 7 heteroatoms. The molecule has 0 saturated carbocycles. The Morgan fingerprint density at radius 2 is 1.91 bits per heavy atom. The van der Waals surface area contributed by atoms with E-state index in [4.69, 9.17) is 11.6 Å². The molecule has 4 nitrogen and oxygen atoms in total. The molecule has 23 heavy (non-hydrogen) atoms. The number of amides is 1. The van der Waals surface area contributed by atoms with E-state index in [-0.39, 0.29) is 17.9 Å². The van der Waals surface area contributed by atoms with Crippen LogP contribution >= 0.6 is 11.6 Å². The van der Waals surface area contributed by atoms with Crippen molar-refractivity contribution in [3.05, 3.63) is 64.7 Å². The fraction of sp³-hybridized carbons (Fsp3) is 0.188. The number of aliphatic hydroxyl groups is 1. The van der Waals surface area contributed by atoms with E-state index in [1.165, 1.54) is 18.2 Å². The first kappa shape index (κ1) is 17.2. The second kappa shape index (κ2) is 7.89. The van der Waals surface area contributed by atoms with E-state index in [1.807, 2.05) is 0 Å². The van der Waals surface area contributed by atoms with Crippen molar-refractivity contribution in [2.75, 3.05) is 0 Å². The van der Waals surface area contributed by atoms with Gasteiger partial charge in [-0.3, -0.25) is 4.79 Å². The molecule has 0 bridgehead atoms. The average Bonchev–Trinajstić information content (AvgIpc) is 2.54. The zero-order chi connectivity index (χ0) is 16.8. The lowest BCUT2D eigenvalue weighted by Crippen LogP contribution is -2.29. The lowest BCUT2D eigenvalue weighted by Gasteiger charge is -2.14. The van der Waals surface area contributed by atoms with Gasteiger partial charge in [-0.25, -0.2) is 0 Å². The highest BCUT2D eigenvalue weighted by atomic mass is 35.5. The first-order chi connectivity index (χ1) is 11.0. The first-order valence-electron chi connectivity index (χ1n) is 6.71. The second-order valence-corrected chi connectivity index (χ2v) is 5.10. The van der Waals surface area contributed by atoms with Gasteiger partial charge in [0.2, 0.25) is 0 Å². The predicted octanol–water partition coefficient (Wildman–Crippen LogP) is 3.29. The summed E-state index contributed by atoms with van der Waals surface area (Å²) in [4.78, 5) is 12.0. The summed E-state index contributed by atoms with van der Waals surface area (Å²) in [5, 5.41) is 12.7. The van der Waals surface area contributed by atoms with Crippen molar-refractivity contribution < 1.29 is 23.4 Å². The third-order valence-electron chi connectivity index (χ3n) is 3.06. The zero-order valence-corrected chi connectivity index (χ0v) is 12.6. The van der Waals surface area contributed by atoms with E-state index in [1.54, 1.807) is 30.3 Å². The van der Waals surface area contributed by atoms with Crippen molar-refractivity contribution in [1.29, 1.82) is 0 Å². The van der Waals surface area contributed by atoms with Crippen LogP contribution in [0, 0.1) is 0 Å². The Morgan fingerprint density at radius 1 is 1.22 bits per heavy atom. The van der Waals surface area contributed by atoms with Gasteiger partial charge >= 0.3 is 6.61 Å². The van der Waals surface area contributed by atoms with Gasteiger partial charge < -0.3 is 15.2 Å². The van der Waals surface area contributed by atoms with Crippen LogP contribution in [0.3, 0.4) is 0 Å². The average molecular weight is 342 g/mol. The molecule has 0 aliphatic carbocycles. The summed E-state index contributed by atoms with van der Waals surface area (Å²) in [7, 11) is 0. The van der Waals surface area contributed by atoms with E-state index in [9.17, 15) is 18.7 Å². The Labute approximate surface area is 136 Å². The number of rotatable bonds is 6. The minimum Gasteiger partial charge on any atom is -0.434 e. The van der Waals surface area contributed by atoms with Gasteiger partial charge in [-0.2, -0.15) is 8.78 Å². The number of carbonyl (C=O) groups is 1. The largest absolute Gasteiger partial charge is 0.434 e. The number of ether oxygens (including phenoxy) is 1. The standard InChI is InChI=1S/C16H14ClF2NO3/c17-12-6-7-13(23-16(18)19)11(8-12)9-20-15(22)14(21)10-4-2-1-3-5-10/h1-8,14,16,21H,9H2,(H,20,22). The summed E-state index contributed by atoms with van der Waals surface area (Å²) in [6.45, 7) is -3.09. The molecular formula is C16H14ClF2NO3. The third kappa shape index (κ3) is 4.91. The molecule has 0 aromatic heterocycles. The van der Waals surface area contributed by atoms with Gasteiger partial charge in [0, 0.05) is 17.1 Å². The molecule has 122 valence electrons. The SMILES string of the molecule is O=C(NCc1cc(Cl)ccc1OC(F)F)C(O)c1ccccc1. The summed E-state index contributed by atoms with van der Waals surface area (Å²) in [6.07, 6.45) is -1.35. The highest BCUT2D eigenvalue weighted by Crippen LogP contribution is 2.24. The molecule has 2 aromatic carbocycles. The van der Waals surface area contributed by atoms with Gasteiger partial charge in [0.25, 0.3) is 5.91 Å². The lowest BCUT2D eigenvalue weighted by molar-refractivity contribution is -0.129. The molecule has 2 rings (SSSR count). The van der Waals surface area contributed by atoms with Crippen molar-refractivity contribution >= 4 is 17.5 Å². The Balaban J connectivity index is 2.05. The van der Waals surface area contributed by atoms with Gasteiger partial charge in [-0.1, -0.05) is 41.9 Å². The summed E-state index contributed by atoms with van der Waals surface area (Å²) in [5.74, 6) is -0.738. The second-order valence-electron chi connectivity index (χ2n) is 4.66. The van der Waals surface area contributed by atoms with Crippen LogP contribution in [-0.4, -0.2) is 17.6 Å². The molecule has 0 aliphatic heterocycles. The monoisotopic (exact) mass is 341 g/mol. The number of halogens is 3. The van der Waals surface area contributed by atoms with Crippen LogP contribution < -0.4 is 10.1 Å². The van der Waals surface area contributed by atoms with Crippen LogP contribution in [0.25, 0.3) is 0 Å². The third-order valence-corrected chi connectivity index (χ3v) is 3.29. The van der Waals surface area contributed by atoms with Crippen molar-refractivity contribution in [1.82, 2.24) is 5.32 Å². The quantitative estimate of drug-likeness (QED) is 0.847. The van der Waals surface area contributed by atoms with Crippen molar-refractivity contribution in [2.45, 2.75) is 19.3 Å². The van der Waals surface area contributed by atoms with E-state index >= 15 is 0 Å². The lowest BCUT2D eigenvalue weighted by atomic mass is 10.1. The van der Waals surface area contributed by atoms with E-state index in [0.29, 0.717) is 10.6 Å². The van der Waals surface area contributed by atoms with Gasteiger partial charge in [0.15, 0.2) is 6.10 Å². The molecule has 0 spiro atoms. The Bertz CT molecular complexity index is 668. The Hall–Kier alpha value is -2.18. The maximum Gasteiger partial charge on any atom is 0.387 e. The van der Waals surface area contributed by atoms with E-state index in [0.717, 1.165) is 0 Å². The van der Waals surface area contributed by atoms with Gasteiger partial charge in [-0.05, 0) is 23.8 Å². The highest BCUT2D eigenvalue weighted by Gasteiger charge is 2.18. The van der Waals surface area contributed by atoms with Crippen LogP contribution in [-0.2, 0) is 11.3 Å². The molecule has 1 unspecified atom stereocenters. The van der Waals surface area contributed by atoms with Crippen LogP contribution in [0.15, 0.2) is 48.5 Å². The normalized spacial score (nSPS) is 12.0. The molecule has 2 aromatic rings. The molecule has 0 fully saturated rings. The molecule has 1 amide bonds. The highest BCUT2D eigenvalue weighted by molar-refractivity contribution is 6.30. The Morgan fingerprint density at radius 3 is 2.57 bits per heavy atom. The first-order valence-corrected chi connectivity index (χ1v) is 7.09. The minimum absolute atomic E-state index is 0.0844. The fourth-order valence-electron chi connectivity index (χ4n) is 1.96. The molecular weight excluding hydrogens is 328 g/mol. The fourth-order valence-corrected chi connectivity index (χ4v) is 2.16. The van der Waals surface area contributed by atoms with Gasteiger partial charge in [0.05, 0.1) is 0 Å². The van der Waals surface area contributed by atoms with Crippen LogP contribution in [0.1, 0.15) is 17.2 Å². The summed E-state index contributed by atoms with van der Waals surface area (Å²) in [6, 6.07) is 12.5. The smallest absolute Gasteiger partial charge is 0.387 e. The van der Waals surface area contributed by atoms with Crippen LogP contribution in [0.4, 0.5) is 8.78 Å². The number of hydrogen-bond donors (Lipinski definition) is 2. The maximum absolute atomic E-state index is 12.4. The van der Waals surface area contributed by atoms with Crippen molar-refractivity contribution in [3.8, 4) is 5.75 Å². The predicted molar refractivity (Wildman–Crippen MR) is 81.3 cm³/mol. The van der Waals surface area contributed by atoms with Crippen molar-refractivity contribution in [2.24, 2.45) is 0 Å². The van der Waals surface area contributed by atoms with E-state index in [2.05, 4.69) is 10.1 Å². The van der Waals surface area contributed by atoms with Gasteiger partial charge in [0.1, 0.15) is 5.75 Å². The summed E-state index contributed by atoms with van der Waals surface area (Å²) < 4.78 is 29.1. The molecule has 0 heterocycles. The maximum atomic E-state index is 12.4. The number of nitrogens with one attached hydrogen (secondary N) is 1.